The number of nitrogens with one attached hydrogen (secondary N) is 1. The lowest BCUT2D eigenvalue weighted by Crippen LogP contribution is -2.15. The maximum Gasteiger partial charge on any atom is 0.163 e. The number of anilines is 2. The first-order chi connectivity index (χ1) is 10.3. The molecule has 0 unspecified atom stereocenters. The van der Waals surface area contributed by atoms with E-state index in [9.17, 15) is 5.26 Å². The van der Waals surface area contributed by atoms with Gasteiger partial charge in [-0.2, -0.15) is 5.26 Å². The van der Waals surface area contributed by atoms with E-state index in [1.54, 1.807) is 0 Å². The Hall–Kier alpha value is -2.46. The van der Waals surface area contributed by atoms with Crippen molar-refractivity contribution in [3.8, 4) is 17.6 Å². The number of hydrogen-bond acceptors (Lipinski definition) is 7. The molecule has 0 saturated heterocycles. The number of hydrogen-bond donors (Lipinski definition) is 1. The van der Waals surface area contributed by atoms with Crippen LogP contribution in [-0.2, 0) is 0 Å². The van der Waals surface area contributed by atoms with Crippen molar-refractivity contribution >= 4 is 23.3 Å². The molecule has 0 bridgehead atoms. The molecule has 6 nitrogen and oxygen atoms in total. The molecule has 0 aliphatic carbocycles. The number of aromatic nitrogens is 2. The topological polar surface area (TPSA) is 80.1 Å². The van der Waals surface area contributed by atoms with Crippen molar-refractivity contribution in [1.82, 2.24) is 9.97 Å². The Morgan fingerprint density at radius 2 is 2.05 bits per heavy atom. The molecule has 0 amide bonds. The molecule has 1 N–H and O–H groups in total. The Labute approximate surface area is 126 Å². The van der Waals surface area contributed by atoms with Gasteiger partial charge in [0.1, 0.15) is 36.2 Å². The third-order valence-electron chi connectivity index (χ3n) is 2.92. The van der Waals surface area contributed by atoms with Gasteiger partial charge in [0.15, 0.2) is 17.3 Å². The van der Waals surface area contributed by atoms with Crippen LogP contribution in [0, 0.1) is 11.3 Å². The summed E-state index contributed by atoms with van der Waals surface area (Å²) >= 11 is 1.41. The van der Waals surface area contributed by atoms with Gasteiger partial charge in [0, 0.05) is 11.8 Å². The summed E-state index contributed by atoms with van der Waals surface area (Å²) in [7, 11) is 0. The summed E-state index contributed by atoms with van der Waals surface area (Å²) in [6, 6.07) is 7.65. The summed E-state index contributed by atoms with van der Waals surface area (Å²) in [6.07, 6.45) is 3.31. The van der Waals surface area contributed by atoms with E-state index in [0.717, 1.165) is 11.4 Å². The monoisotopic (exact) mass is 300 g/mol. The van der Waals surface area contributed by atoms with Crippen molar-refractivity contribution in [1.29, 1.82) is 5.26 Å². The zero-order valence-corrected chi connectivity index (χ0v) is 12.1. The van der Waals surface area contributed by atoms with Crippen molar-refractivity contribution < 1.29 is 9.47 Å². The molecule has 2 heterocycles. The maximum absolute atomic E-state index is 9.27. The van der Waals surface area contributed by atoms with Crippen molar-refractivity contribution in [2.24, 2.45) is 0 Å². The predicted molar refractivity (Wildman–Crippen MR) is 79.2 cm³/mol. The molecule has 1 aliphatic rings. The van der Waals surface area contributed by atoms with E-state index in [2.05, 4.69) is 21.4 Å². The molecule has 0 fully saturated rings. The van der Waals surface area contributed by atoms with Gasteiger partial charge >= 0.3 is 0 Å². The summed E-state index contributed by atoms with van der Waals surface area (Å²) in [4.78, 5) is 8.22. The fraction of sp³-hybridized carbons (Fsp3) is 0.214. The second-order valence-corrected chi connectivity index (χ2v) is 5.00. The quantitative estimate of drug-likeness (QED) is 0.689. The van der Waals surface area contributed by atoms with Crippen molar-refractivity contribution in [3.63, 3.8) is 0 Å². The molecular formula is C14H12N4O2S. The lowest BCUT2D eigenvalue weighted by atomic mass is 10.2. The lowest BCUT2D eigenvalue weighted by molar-refractivity contribution is 0.171. The fourth-order valence-corrected chi connectivity index (χ4v) is 2.48. The zero-order chi connectivity index (χ0) is 14.7. The number of nitriles is 1. The lowest BCUT2D eigenvalue weighted by Gasteiger charge is -2.19. The van der Waals surface area contributed by atoms with E-state index < -0.39 is 0 Å². The van der Waals surface area contributed by atoms with E-state index in [1.807, 2.05) is 24.5 Å². The average Bonchev–Trinajstić information content (AvgIpc) is 2.54. The van der Waals surface area contributed by atoms with Crippen LogP contribution in [0.4, 0.5) is 11.5 Å². The maximum atomic E-state index is 9.27. The van der Waals surface area contributed by atoms with Gasteiger partial charge in [-0.15, -0.1) is 11.8 Å². The van der Waals surface area contributed by atoms with Gasteiger partial charge in [-0.3, -0.25) is 0 Å². The van der Waals surface area contributed by atoms with Crippen molar-refractivity contribution in [2.45, 2.75) is 5.03 Å². The number of fused-ring (bicyclic) bond motifs is 1. The fourth-order valence-electron chi connectivity index (χ4n) is 1.98. The summed E-state index contributed by atoms with van der Waals surface area (Å²) < 4.78 is 11.0. The first kappa shape index (κ1) is 13.5. The Bertz CT molecular complexity index is 715. The van der Waals surface area contributed by atoms with Crippen molar-refractivity contribution in [3.05, 3.63) is 30.1 Å². The van der Waals surface area contributed by atoms with Gasteiger partial charge in [0.2, 0.25) is 0 Å². The number of thioether (sulfide) groups is 1. The molecule has 0 atom stereocenters. The Kier molecular flexibility index (Phi) is 3.79. The van der Waals surface area contributed by atoms with Gasteiger partial charge in [-0.1, -0.05) is 0 Å². The molecule has 21 heavy (non-hydrogen) atoms. The Morgan fingerprint density at radius 3 is 2.81 bits per heavy atom. The minimum absolute atomic E-state index is 0.430. The second kappa shape index (κ2) is 5.89. The molecule has 1 aromatic carbocycles. The minimum Gasteiger partial charge on any atom is -0.486 e. The van der Waals surface area contributed by atoms with Gasteiger partial charge in [0.05, 0.1) is 0 Å². The molecule has 3 rings (SSSR count). The highest BCUT2D eigenvalue weighted by Gasteiger charge is 2.14. The van der Waals surface area contributed by atoms with E-state index in [4.69, 9.17) is 9.47 Å². The highest BCUT2D eigenvalue weighted by atomic mass is 32.2. The number of rotatable bonds is 3. The third-order valence-corrected chi connectivity index (χ3v) is 3.62. The summed E-state index contributed by atoms with van der Waals surface area (Å²) in [5, 5.41) is 13.0. The van der Waals surface area contributed by atoms with Crippen LogP contribution >= 0.6 is 11.8 Å². The Morgan fingerprint density at radius 1 is 1.24 bits per heavy atom. The van der Waals surface area contributed by atoms with E-state index in [1.165, 1.54) is 18.1 Å². The van der Waals surface area contributed by atoms with Crippen molar-refractivity contribution in [2.75, 3.05) is 24.8 Å². The molecule has 7 heteroatoms. The van der Waals surface area contributed by atoms with E-state index >= 15 is 0 Å². The highest BCUT2D eigenvalue weighted by Crippen LogP contribution is 2.34. The number of ether oxygens (including phenoxy) is 2. The highest BCUT2D eigenvalue weighted by molar-refractivity contribution is 7.98. The van der Waals surface area contributed by atoms with E-state index in [-0.39, 0.29) is 0 Å². The van der Waals surface area contributed by atoms with Crippen LogP contribution in [-0.4, -0.2) is 29.4 Å². The van der Waals surface area contributed by atoms with Gasteiger partial charge < -0.3 is 14.8 Å². The summed E-state index contributed by atoms with van der Waals surface area (Å²) in [6.45, 7) is 1.09. The van der Waals surface area contributed by atoms with Crippen LogP contribution in [0.15, 0.2) is 29.6 Å². The minimum atomic E-state index is 0.430. The van der Waals surface area contributed by atoms with E-state index in [0.29, 0.717) is 35.4 Å². The standard InChI is InChI=1S/C14H12N4O2S/c1-21-14-10(7-15)13(16-8-17-14)18-9-2-3-11-12(6-9)20-5-4-19-11/h2-3,6,8H,4-5H2,1H3,(H,16,17,18). The zero-order valence-electron chi connectivity index (χ0n) is 11.3. The first-order valence-electron chi connectivity index (χ1n) is 6.27. The van der Waals surface area contributed by atoms with Gasteiger partial charge in [-0.25, -0.2) is 9.97 Å². The number of nitrogens with zero attached hydrogens (tertiary/aromatic N) is 3. The second-order valence-electron chi connectivity index (χ2n) is 4.20. The smallest absolute Gasteiger partial charge is 0.163 e. The molecule has 0 radical (unpaired) electrons. The van der Waals surface area contributed by atoms with Crippen LogP contribution in [0.5, 0.6) is 11.5 Å². The molecular weight excluding hydrogens is 288 g/mol. The summed E-state index contributed by atoms with van der Waals surface area (Å²) in [5.41, 5.74) is 1.21. The van der Waals surface area contributed by atoms with Crippen LogP contribution in [0.2, 0.25) is 0 Å². The van der Waals surface area contributed by atoms with Crippen LogP contribution < -0.4 is 14.8 Å². The normalized spacial score (nSPS) is 12.6. The SMILES string of the molecule is CSc1ncnc(Nc2ccc3c(c2)OCCO3)c1C#N. The average molecular weight is 300 g/mol. The molecule has 106 valence electrons. The number of benzene rings is 1. The largest absolute Gasteiger partial charge is 0.486 e. The predicted octanol–water partition coefficient (Wildman–Crippen LogP) is 2.58. The molecule has 1 aliphatic heterocycles. The molecule has 0 saturated carbocycles. The summed E-state index contributed by atoms with van der Waals surface area (Å²) in [5.74, 6) is 1.89. The third kappa shape index (κ3) is 2.71. The van der Waals surface area contributed by atoms with Gasteiger partial charge in [0.25, 0.3) is 0 Å². The molecule has 2 aromatic rings. The molecule has 1 aromatic heterocycles. The molecule has 0 spiro atoms. The van der Waals surface area contributed by atoms with Crippen LogP contribution in [0.3, 0.4) is 0 Å². The first-order valence-corrected chi connectivity index (χ1v) is 7.50. The van der Waals surface area contributed by atoms with Crippen LogP contribution in [0.1, 0.15) is 5.56 Å². The van der Waals surface area contributed by atoms with Gasteiger partial charge in [-0.05, 0) is 18.4 Å². The van der Waals surface area contributed by atoms with Crippen LogP contribution in [0.25, 0.3) is 0 Å². The Balaban J connectivity index is 1.92.